The van der Waals surface area contributed by atoms with Crippen LogP contribution in [-0.4, -0.2) is 21.2 Å². The van der Waals surface area contributed by atoms with Gasteiger partial charge in [0, 0.05) is 0 Å². The first-order valence-electron chi connectivity index (χ1n) is 9.39. The molecule has 5 nitrogen and oxygen atoms in total. The smallest absolute Gasteiger partial charge is 0.266 e. The lowest BCUT2D eigenvalue weighted by Crippen LogP contribution is -2.23. The summed E-state index contributed by atoms with van der Waals surface area (Å²) in [6.45, 7) is 1.91. The number of hydrogen-bond acceptors (Lipinski definition) is 4. The molecular weight excluding hydrogens is 437 g/mol. The van der Waals surface area contributed by atoms with E-state index in [-0.39, 0.29) is 17.2 Å². The van der Waals surface area contributed by atoms with Crippen LogP contribution in [0.2, 0.25) is 5.02 Å². The largest absolute Gasteiger partial charge is 0.324 e. The number of halogens is 2. The minimum atomic E-state index is -0.408. The minimum Gasteiger partial charge on any atom is -0.324 e. The van der Waals surface area contributed by atoms with Crippen molar-refractivity contribution in [2.75, 3.05) is 11.1 Å². The number of rotatable bonds is 5. The van der Waals surface area contributed by atoms with E-state index in [0.717, 1.165) is 17.3 Å². The van der Waals surface area contributed by atoms with Crippen LogP contribution in [-0.2, 0) is 4.79 Å². The van der Waals surface area contributed by atoms with Crippen LogP contribution in [0.3, 0.4) is 0 Å². The SMILES string of the molecule is Cc1ccc(NC(=O)CSc2nc3ccccc3c(=O)n2-c2ccc(F)cc2)c(Cl)c1. The highest BCUT2D eigenvalue weighted by Crippen LogP contribution is 2.25. The van der Waals surface area contributed by atoms with Gasteiger partial charge in [-0.15, -0.1) is 0 Å². The van der Waals surface area contributed by atoms with E-state index < -0.39 is 5.82 Å². The monoisotopic (exact) mass is 453 g/mol. The fourth-order valence-electron chi connectivity index (χ4n) is 3.06. The number of amides is 1. The third-order valence-electron chi connectivity index (χ3n) is 4.56. The highest BCUT2D eigenvalue weighted by atomic mass is 35.5. The Morgan fingerprint density at radius 2 is 1.87 bits per heavy atom. The molecule has 156 valence electrons. The van der Waals surface area contributed by atoms with Gasteiger partial charge in [-0.1, -0.05) is 41.6 Å². The summed E-state index contributed by atoms with van der Waals surface area (Å²) >= 11 is 7.30. The topological polar surface area (TPSA) is 64.0 Å². The lowest BCUT2D eigenvalue weighted by Gasteiger charge is -2.13. The van der Waals surface area contributed by atoms with Gasteiger partial charge in [0.2, 0.25) is 5.91 Å². The third-order valence-corrected chi connectivity index (χ3v) is 5.81. The lowest BCUT2D eigenvalue weighted by atomic mass is 10.2. The third kappa shape index (κ3) is 4.62. The Bertz CT molecular complexity index is 1340. The number of thioether (sulfide) groups is 1. The molecule has 0 aliphatic carbocycles. The van der Waals surface area contributed by atoms with E-state index in [4.69, 9.17) is 11.6 Å². The molecule has 0 fully saturated rings. The maximum atomic E-state index is 13.4. The van der Waals surface area contributed by atoms with Gasteiger partial charge in [0.15, 0.2) is 5.16 Å². The fourth-order valence-corrected chi connectivity index (χ4v) is 4.16. The number of benzene rings is 3. The molecule has 0 saturated carbocycles. The molecule has 0 spiro atoms. The number of para-hydroxylation sites is 1. The summed E-state index contributed by atoms with van der Waals surface area (Å²) in [6, 6.07) is 17.9. The van der Waals surface area contributed by atoms with Gasteiger partial charge >= 0.3 is 0 Å². The van der Waals surface area contributed by atoms with E-state index in [9.17, 15) is 14.0 Å². The number of nitrogens with one attached hydrogen (secondary N) is 1. The molecule has 0 aliphatic heterocycles. The van der Waals surface area contributed by atoms with E-state index >= 15 is 0 Å². The van der Waals surface area contributed by atoms with Crippen LogP contribution < -0.4 is 10.9 Å². The first-order chi connectivity index (χ1) is 14.9. The van der Waals surface area contributed by atoms with E-state index in [1.165, 1.54) is 28.8 Å². The molecule has 8 heteroatoms. The molecule has 0 unspecified atom stereocenters. The standard InChI is InChI=1S/C23H17ClFN3O2S/c1-14-6-11-20(18(24)12-14)26-21(29)13-31-23-27-19-5-3-2-4-17(19)22(30)28(23)16-9-7-15(25)8-10-16/h2-12H,13H2,1H3,(H,26,29). The van der Waals surface area contributed by atoms with Crippen molar-refractivity contribution in [3.63, 3.8) is 0 Å². The number of aromatic nitrogens is 2. The molecule has 0 aliphatic rings. The quantitative estimate of drug-likeness (QED) is 0.332. The van der Waals surface area contributed by atoms with Gasteiger partial charge < -0.3 is 5.32 Å². The van der Waals surface area contributed by atoms with Crippen molar-refractivity contribution < 1.29 is 9.18 Å². The van der Waals surface area contributed by atoms with Gasteiger partial charge in [-0.2, -0.15) is 0 Å². The van der Waals surface area contributed by atoms with Gasteiger partial charge in [0.05, 0.1) is 33.1 Å². The average Bonchev–Trinajstić information content (AvgIpc) is 2.75. The first kappa shape index (κ1) is 21.1. The summed E-state index contributed by atoms with van der Waals surface area (Å²) in [7, 11) is 0. The molecule has 0 atom stereocenters. The van der Waals surface area contributed by atoms with Gasteiger partial charge in [-0.05, 0) is 61.0 Å². The van der Waals surface area contributed by atoms with E-state index in [1.807, 2.05) is 13.0 Å². The molecule has 1 heterocycles. The number of aryl methyl sites for hydroxylation is 1. The van der Waals surface area contributed by atoms with Gasteiger partial charge in [0.25, 0.3) is 5.56 Å². The summed E-state index contributed by atoms with van der Waals surface area (Å²) in [6.07, 6.45) is 0. The van der Waals surface area contributed by atoms with Crippen LogP contribution in [0, 0.1) is 12.7 Å². The number of carbonyl (C=O) groups is 1. The Hall–Kier alpha value is -3.16. The molecule has 3 aromatic carbocycles. The van der Waals surface area contributed by atoms with Gasteiger partial charge in [-0.25, -0.2) is 9.37 Å². The van der Waals surface area contributed by atoms with Gasteiger partial charge in [-0.3, -0.25) is 14.2 Å². The summed E-state index contributed by atoms with van der Waals surface area (Å²) < 4.78 is 14.8. The maximum absolute atomic E-state index is 13.4. The number of carbonyl (C=O) groups excluding carboxylic acids is 1. The molecule has 1 amide bonds. The van der Waals surface area contributed by atoms with Crippen LogP contribution in [0.5, 0.6) is 0 Å². The molecule has 31 heavy (non-hydrogen) atoms. The van der Waals surface area contributed by atoms with E-state index in [0.29, 0.717) is 32.5 Å². The predicted octanol–water partition coefficient (Wildman–Crippen LogP) is 5.22. The first-order valence-corrected chi connectivity index (χ1v) is 10.8. The fraction of sp³-hybridized carbons (Fsp3) is 0.0870. The number of nitrogens with zero attached hydrogens (tertiary/aromatic N) is 2. The Kier molecular flexibility index (Phi) is 6.06. The van der Waals surface area contributed by atoms with Crippen molar-refractivity contribution in [2.45, 2.75) is 12.1 Å². The van der Waals surface area contributed by atoms with Crippen LogP contribution in [0.25, 0.3) is 16.6 Å². The zero-order chi connectivity index (χ0) is 22.0. The average molecular weight is 454 g/mol. The number of hydrogen-bond donors (Lipinski definition) is 1. The Morgan fingerprint density at radius 3 is 2.61 bits per heavy atom. The zero-order valence-corrected chi connectivity index (χ0v) is 18.0. The zero-order valence-electron chi connectivity index (χ0n) is 16.4. The van der Waals surface area contributed by atoms with Crippen molar-refractivity contribution in [3.05, 3.63) is 93.5 Å². The highest BCUT2D eigenvalue weighted by Gasteiger charge is 2.15. The molecule has 1 N–H and O–H groups in total. The molecular formula is C23H17ClFN3O2S. The van der Waals surface area contributed by atoms with Crippen molar-refractivity contribution in [3.8, 4) is 5.69 Å². The molecule has 0 saturated heterocycles. The molecule has 0 radical (unpaired) electrons. The van der Waals surface area contributed by atoms with Gasteiger partial charge in [0.1, 0.15) is 5.82 Å². The van der Waals surface area contributed by atoms with E-state index in [2.05, 4.69) is 10.3 Å². The molecule has 0 bridgehead atoms. The Morgan fingerprint density at radius 1 is 1.13 bits per heavy atom. The second kappa shape index (κ2) is 8.91. The predicted molar refractivity (Wildman–Crippen MR) is 123 cm³/mol. The van der Waals surface area contributed by atoms with Crippen molar-refractivity contribution in [1.29, 1.82) is 0 Å². The maximum Gasteiger partial charge on any atom is 0.266 e. The van der Waals surface area contributed by atoms with Crippen molar-refractivity contribution in [1.82, 2.24) is 9.55 Å². The summed E-state index contributed by atoms with van der Waals surface area (Å²) in [5.41, 5.74) is 2.20. The Labute approximate surface area is 186 Å². The summed E-state index contributed by atoms with van der Waals surface area (Å²) in [4.78, 5) is 30.2. The number of anilines is 1. The van der Waals surface area contributed by atoms with Crippen LogP contribution in [0.15, 0.2) is 76.7 Å². The second-order valence-corrected chi connectivity index (χ2v) is 8.20. The molecule has 4 aromatic rings. The second-order valence-electron chi connectivity index (χ2n) is 6.85. The van der Waals surface area contributed by atoms with E-state index in [1.54, 1.807) is 36.4 Å². The summed E-state index contributed by atoms with van der Waals surface area (Å²) in [5, 5.41) is 3.99. The number of fused-ring (bicyclic) bond motifs is 1. The lowest BCUT2D eigenvalue weighted by molar-refractivity contribution is -0.113. The summed E-state index contributed by atoms with van der Waals surface area (Å²) in [5.74, 6) is -0.686. The van der Waals surface area contributed by atoms with Crippen LogP contribution >= 0.6 is 23.4 Å². The minimum absolute atomic E-state index is 0.0101. The van der Waals surface area contributed by atoms with Crippen LogP contribution in [0.1, 0.15) is 5.56 Å². The normalized spacial score (nSPS) is 10.9. The Balaban J connectivity index is 1.66. The van der Waals surface area contributed by atoms with Crippen molar-refractivity contribution >= 4 is 45.9 Å². The van der Waals surface area contributed by atoms with Crippen molar-refractivity contribution in [2.24, 2.45) is 0 Å². The molecule has 4 rings (SSSR count). The molecule has 1 aromatic heterocycles. The van der Waals surface area contributed by atoms with Crippen LogP contribution in [0.4, 0.5) is 10.1 Å². The highest BCUT2D eigenvalue weighted by molar-refractivity contribution is 7.99.